The number of likely N-dealkylation sites (tertiary alicyclic amines) is 2. The Morgan fingerprint density at radius 1 is 1.03 bits per heavy atom. The van der Waals surface area contributed by atoms with E-state index in [0.717, 1.165) is 84.2 Å². The number of piperidine rings is 2. The molecular weight excluding hydrogens is 528 g/mol. The van der Waals surface area contributed by atoms with E-state index in [4.69, 9.17) is 4.84 Å². The lowest BCUT2D eigenvalue weighted by molar-refractivity contribution is 0.0252. The summed E-state index contributed by atoms with van der Waals surface area (Å²) in [5.41, 5.74) is 8.90. The van der Waals surface area contributed by atoms with Crippen molar-refractivity contribution < 1.29 is 9.63 Å². The van der Waals surface area contributed by atoms with Crippen LogP contribution in [-0.4, -0.2) is 58.6 Å². The Hall–Kier alpha value is -2.61. The first-order chi connectivity index (χ1) is 17.9. The highest BCUT2D eigenvalue weighted by Gasteiger charge is 2.38. The fourth-order valence-corrected chi connectivity index (χ4v) is 6.09. The van der Waals surface area contributed by atoms with Crippen LogP contribution in [0.3, 0.4) is 0 Å². The zero-order chi connectivity index (χ0) is 26.0. The number of carbonyl (C=O) groups excluding carboxylic acids is 1. The maximum Gasteiger partial charge on any atom is 0.270 e. The quantitative estimate of drug-likeness (QED) is 0.374. The van der Waals surface area contributed by atoms with Crippen LogP contribution in [-0.2, 0) is 11.9 Å². The molecule has 2 aliphatic rings. The van der Waals surface area contributed by atoms with Gasteiger partial charge in [-0.1, -0.05) is 46.3 Å². The SMILES string of the molecule is CCONC(=C1CCN(C2(C)CCN(C(=O)c3cc4ccccc4n3C)CC2)CC1)c1ccc(Br)cc1. The number of carbonyl (C=O) groups is 1. The summed E-state index contributed by atoms with van der Waals surface area (Å²) < 4.78 is 3.11. The number of fused-ring (bicyclic) bond motifs is 1. The molecule has 3 heterocycles. The van der Waals surface area contributed by atoms with Crippen molar-refractivity contribution in [1.82, 2.24) is 19.8 Å². The lowest BCUT2D eigenvalue weighted by Gasteiger charge is -2.48. The molecule has 2 aliphatic heterocycles. The lowest BCUT2D eigenvalue weighted by atomic mass is 9.85. The summed E-state index contributed by atoms with van der Waals surface area (Å²) in [5.74, 6) is 0.144. The second-order valence-electron chi connectivity index (χ2n) is 10.4. The predicted molar refractivity (Wildman–Crippen MR) is 153 cm³/mol. The van der Waals surface area contributed by atoms with E-state index >= 15 is 0 Å². The number of hydroxylamine groups is 1. The Bertz CT molecular complexity index is 1280. The molecule has 6 nitrogen and oxygen atoms in total. The van der Waals surface area contributed by atoms with Crippen LogP contribution >= 0.6 is 15.9 Å². The van der Waals surface area contributed by atoms with Gasteiger partial charge in [0.25, 0.3) is 5.91 Å². The Morgan fingerprint density at radius 3 is 2.35 bits per heavy atom. The number of rotatable bonds is 6. The zero-order valence-corrected chi connectivity index (χ0v) is 23.7. The van der Waals surface area contributed by atoms with E-state index in [0.29, 0.717) is 6.61 Å². The van der Waals surface area contributed by atoms with Crippen LogP contribution in [0.25, 0.3) is 16.6 Å². The van der Waals surface area contributed by atoms with Gasteiger partial charge in [-0.15, -0.1) is 0 Å². The number of para-hydroxylation sites is 1. The summed E-state index contributed by atoms with van der Waals surface area (Å²) in [7, 11) is 1.99. The van der Waals surface area contributed by atoms with E-state index < -0.39 is 0 Å². The van der Waals surface area contributed by atoms with Gasteiger partial charge in [0.2, 0.25) is 0 Å². The van der Waals surface area contributed by atoms with Crippen molar-refractivity contribution >= 4 is 38.4 Å². The number of benzene rings is 2. The molecule has 1 N–H and O–H groups in total. The van der Waals surface area contributed by atoms with Crippen molar-refractivity contribution in [1.29, 1.82) is 0 Å². The van der Waals surface area contributed by atoms with Gasteiger partial charge in [-0.2, -0.15) is 0 Å². The number of halogens is 1. The minimum atomic E-state index is 0.117. The second kappa shape index (κ2) is 11.0. The third-order valence-corrected chi connectivity index (χ3v) is 8.76. The van der Waals surface area contributed by atoms with Crippen molar-refractivity contribution in [2.45, 2.75) is 45.1 Å². The molecule has 37 heavy (non-hydrogen) atoms. The van der Waals surface area contributed by atoms with E-state index in [1.54, 1.807) is 0 Å². The maximum atomic E-state index is 13.4. The van der Waals surface area contributed by atoms with Crippen molar-refractivity contribution in [3.05, 3.63) is 75.9 Å². The Kier molecular flexibility index (Phi) is 7.75. The molecule has 0 spiro atoms. The van der Waals surface area contributed by atoms with Gasteiger partial charge in [0.05, 0.1) is 12.3 Å². The standard InChI is InChI=1S/C30H37BrN4O2/c1-4-37-32-28(22-9-11-25(31)12-10-22)23-13-17-35(18-14-23)30(2)15-19-34(20-16-30)29(36)27-21-24-7-5-6-8-26(24)33(27)3/h5-12,21,32H,4,13-20H2,1-3H3. The smallest absolute Gasteiger partial charge is 0.270 e. The Labute approximate surface area is 228 Å². The van der Waals surface area contributed by atoms with Gasteiger partial charge in [0.15, 0.2) is 0 Å². The zero-order valence-electron chi connectivity index (χ0n) is 22.1. The van der Waals surface area contributed by atoms with E-state index in [-0.39, 0.29) is 11.4 Å². The number of nitrogens with zero attached hydrogens (tertiary/aromatic N) is 3. The van der Waals surface area contributed by atoms with Gasteiger partial charge in [-0.25, -0.2) is 0 Å². The van der Waals surface area contributed by atoms with Crippen molar-refractivity contribution in [3.8, 4) is 0 Å². The van der Waals surface area contributed by atoms with E-state index in [9.17, 15) is 4.79 Å². The van der Waals surface area contributed by atoms with E-state index in [1.165, 1.54) is 5.57 Å². The molecule has 1 amide bonds. The first-order valence-electron chi connectivity index (χ1n) is 13.3. The maximum absolute atomic E-state index is 13.4. The van der Waals surface area contributed by atoms with Gasteiger partial charge in [0.1, 0.15) is 5.69 Å². The first-order valence-corrected chi connectivity index (χ1v) is 14.1. The summed E-state index contributed by atoms with van der Waals surface area (Å²) in [4.78, 5) is 23.7. The van der Waals surface area contributed by atoms with Crippen LogP contribution in [0.15, 0.2) is 64.6 Å². The third-order valence-electron chi connectivity index (χ3n) is 8.23. The largest absolute Gasteiger partial charge is 0.340 e. The molecule has 0 unspecified atom stereocenters. The fraction of sp³-hybridized carbons (Fsp3) is 0.433. The molecule has 5 rings (SSSR count). The molecule has 0 aliphatic carbocycles. The number of nitrogens with one attached hydrogen (secondary N) is 1. The summed E-state index contributed by atoms with van der Waals surface area (Å²) >= 11 is 3.54. The summed E-state index contributed by atoms with van der Waals surface area (Å²) in [6, 6.07) is 18.6. The number of amides is 1. The van der Waals surface area contributed by atoms with Crippen LogP contribution in [0.5, 0.6) is 0 Å². The van der Waals surface area contributed by atoms with Gasteiger partial charge in [-0.3, -0.25) is 20.0 Å². The lowest BCUT2D eigenvalue weighted by Crippen LogP contribution is -2.56. The number of aryl methyl sites for hydroxylation is 1. The van der Waals surface area contributed by atoms with E-state index in [1.807, 2.05) is 41.6 Å². The number of aromatic nitrogens is 1. The van der Waals surface area contributed by atoms with Crippen molar-refractivity contribution in [2.75, 3.05) is 32.8 Å². The summed E-state index contributed by atoms with van der Waals surface area (Å²) in [5, 5.41) is 1.12. The second-order valence-corrected chi connectivity index (χ2v) is 11.4. The number of hydrogen-bond donors (Lipinski definition) is 1. The van der Waals surface area contributed by atoms with Crippen molar-refractivity contribution in [2.24, 2.45) is 7.05 Å². The average molecular weight is 566 g/mol. The molecule has 2 saturated heterocycles. The van der Waals surface area contributed by atoms with Crippen LogP contribution in [0.4, 0.5) is 0 Å². The molecule has 1 aromatic heterocycles. The molecule has 2 aromatic carbocycles. The highest BCUT2D eigenvalue weighted by atomic mass is 79.9. The van der Waals surface area contributed by atoms with Gasteiger partial charge in [0, 0.05) is 54.1 Å². The average Bonchev–Trinajstić information content (AvgIpc) is 3.26. The molecule has 196 valence electrons. The van der Waals surface area contributed by atoms with Crippen LogP contribution in [0.1, 0.15) is 55.6 Å². The highest BCUT2D eigenvalue weighted by Crippen LogP contribution is 2.35. The number of hydrogen-bond acceptors (Lipinski definition) is 4. The Morgan fingerprint density at radius 2 is 1.70 bits per heavy atom. The van der Waals surface area contributed by atoms with Crippen LogP contribution < -0.4 is 5.48 Å². The van der Waals surface area contributed by atoms with Gasteiger partial charge < -0.3 is 9.47 Å². The van der Waals surface area contributed by atoms with Crippen LogP contribution in [0, 0.1) is 0 Å². The van der Waals surface area contributed by atoms with Crippen LogP contribution in [0.2, 0.25) is 0 Å². The third kappa shape index (κ3) is 5.35. The summed E-state index contributed by atoms with van der Waals surface area (Å²) in [6.45, 7) is 8.64. The van der Waals surface area contributed by atoms with Gasteiger partial charge >= 0.3 is 0 Å². The molecule has 0 radical (unpaired) electrons. The normalized spacial score (nSPS) is 18.3. The molecule has 0 bridgehead atoms. The van der Waals surface area contributed by atoms with E-state index in [2.05, 4.69) is 69.6 Å². The minimum Gasteiger partial charge on any atom is -0.340 e. The minimum absolute atomic E-state index is 0.117. The summed E-state index contributed by atoms with van der Waals surface area (Å²) in [6.07, 6.45) is 4.02. The molecule has 0 saturated carbocycles. The highest BCUT2D eigenvalue weighted by molar-refractivity contribution is 9.10. The first kappa shape index (κ1) is 26.0. The Balaban J connectivity index is 1.23. The van der Waals surface area contributed by atoms with Gasteiger partial charge in [-0.05, 0) is 74.9 Å². The molecule has 2 fully saturated rings. The molecule has 3 aromatic rings. The predicted octanol–water partition coefficient (Wildman–Crippen LogP) is 5.98. The van der Waals surface area contributed by atoms with Crippen molar-refractivity contribution in [3.63, 3.8) is 0 Å². The fourth-order valence-electron chi connectivity index (χ4n) is 5.83. The topological polar surface area (TPSA) is 49.7 Å². The molecular formula is C30H37BrN4O2. The molecule has 0 atom stereocenters. The molecule has 7 heteroatoms. The monoisotopic (exact) mass is 564 g/mol.